The molecule has 3 rings (SSSR count). The smallest absolute Gasteiger partial charge is 0.428 e. The van der Waals surface area contributed by atoms with Crippen LogP contribution in [0.2, 0.25) is 0 Å². The van der Waals surface area contributed by atoms with E-state index in [0.29, 0.717) is 0 Å². The van der Waals surface area contributed by atoms with Gasteiger partial charge in [0.15, 0.2) is 24.8 Å². The van der Waals surface area contributed by atoms with Gasteiger partial charge in [-0.3, -0.25) is 0 Å². The second-order valence-electron chi connectivity index (χ2n) is 6.34. The number of alkyl halides is 2. The summed E-state index contributed by atoms with van der Waals surface area (Å²) in [5, 5.41) is -5.05. The summed E-state index contributed by atoms with van der Waals surface area (Å²) >= 11 is 0. The van der Waals surface area contributed by atoms with E-state index in [-0.39, 0.29) is 17.5 Å². The molecule has 3 aromatic rings. The van der Waals surface area contributed by atoms with Crippen molar-refractivity contribution in [3.8, 4) is 0 Å². The van der Waals surface area contributed by atoms with Crippen molar-refractivity contribution in [2.45, 2.75) is 19.9 Å². The van der Waals surface area contributed by atoms with Crippen LogP contribution < -0.4 is 0 Å². The summed E-state index contributed by atoms with van der Waals surface area (Å²) < 4.78 is 62.5. The van der Waals surface area contributed by atoms with Gasteiger partial charge in [0.2, 0.25) is 0 Å². The molecule has 0 unspecified atom stereocenters. The number of hydrogen-bond donors (Lipinski definition) is 0. The van der Waals surface area contributed by atoms with Crippen LogP contribution in [0.15, 0.2) is 106 Å². The van der Waals surface area contributed by atoms with Gasteiger partial charge in [-0.05, 0) is 36.4 Å². The Labute approximate surface area is 194 Å². The normalized spacial score (nSPS) is 11.4. The molecule has 0 aliphatic rings. The second-order valence-corrected chi connectivity index (χ2v) is 9.79. The van der Waals surface area contributed by atoms with Crippen molar-refractivity contribution in [2.75, 3.05) is 20.3 Å². The van der Waals surface area contributed by atoms with Crippen molar-refractivity contribution in [3.63, 3.8) is 0 Å². The van der Waals surface area contributed by atoms with E-state index < -0.39 is 27.9 Å². The number of rotatable bonds is 8. The summed E-state index contributed by atoms with van der Waals surface area (Å²) in [5.41, 5.74) is 0. The molecule has 0 radical (unpaired) electrons. The predicted molar refractivity (Wildman–Crippen MR) is 119 cm³/mol. The van der Waals surface area contributed by atoms with E-state index in [2.05, 4.69) is 100 Å². The standard InChI is InChI=1S/C18H15S.C5H8F2O6S/c1-4-10-16(11-5-1)19(17-12-6-2-7-13-17)18-14-8-3-9-15-18;1-12-2-3-13-4(8)5(6,7)14(9,10)11/h1-15H;2-3H2,1H3,(H,9,10,11)/q+1;/p-1. The molecule has 0 fully saturated rings. The zero-order chi connectivity index (χ0) is 24.3. The van der Waals surface area contributed by atoms with Crippen LogP contribution >= 0.6 is 0 Å². The van der Waals surface area contributed by atoms with Gasteiger partial charge >= 0.3 is 11.2 Å². The number of benzene rings is 3. The molecule has 176 valence electrons. The van der Waals surface area contributed by atoms with Crippen molar-refractivity contribution in [1.29, 1.82) is 0 Å². The van der Waals surface area contributed by atoms with Crippen LogP contribution in [0.5, 0.6) is 0 Å². The molecule has 0 N–H and O–H groups in total. The Bertz CT molecular complexity index is 1000. The Hall–Kier alpha value is -2.79. The summed E-state index contributed by atoms with van der Waals surface area (Å²) in [7, 11) is -4.83. The van der Waals surface area contributed by atoms with Gasteiger partial charge < -0.3 is 14.0 Å². The molecule has 0 saturated heterocycles. The fraction of sp³-hybridized carbons (Fsp3) is 0.174. The molecule has 3 aromatic carbocycles. The van der Waals surface area contributed by atoms with Crippen molar-refractivity contribution in [1.82, 2.24) is 0 Å². The Kier molecular flexibility index (Phi) is 9.98. The zero-order valence-electron chi connectivity index (χ0n) is 17.6. The monoisotopic (exact) mass is 496 g/mol. The van der Waals surface area contributed by atoms with Crippen molar-refractivity contribution >= 4 is 27.0 Å². The van der Waals surface area contributed by atoms with Crippen LogP contribution in [-0.4, -0.2) is 44.5 Å². The third kappa shape index (κ3) is 7.64. The Morgan fingerprint density at radius 2 is 1.18 bits per heavy atom. The molecular formula is C23H22F2O6S2. The van der Waals surface area contributed by atoms with E-state index in [9.17, 15) is 26.5 Å². The molecule has 0 aliphatic carbocycles. The Morgan fingerprint density at radius 3 is 1.48 bits per heavy atom. The SMILES string of the molecule is COCCOC(=O)C(F)(F)S(=O)(=O)[O-].c1ccc([S+](c2ccccc2)c2ccccc2)cc1. The number of ether oxygens (including phenoxy) is 2. The number of esters is 1. The van der Waals surface area contributed by atoms with E-state index >= 15 is 0 Å². The lowest BCUT2D eigenvalue weighted by Gasteiger charge is -2.17. The maximum absolute atomic E-state index is 12.3. The molecular weight excluding hydrogens is 474 g/mol. The lowest BCUT2D eigenvalue weighted by atomic mass is 10.4. The first kappa shape index (κ1) is 26.5. The quantitative estimate of drug-likeness (QED) is 0.202. The van der Waals surface area contributed by atoms with E-state index in [1.54, 1.807) is 0 Å². The summed E-state index contributed by atoms with van der Waals surface area (Å²) in [4.78, 5) is 14.5. The molecule has 0 atom stereocenters. The predicted octanol–water partition coefficient (Wildman–Crippen LogP) is 4.10. The molecule has 0 amide bonds. The maximum Gasteiger partial charge on any atom is 0.428 e. The highest BCUT2D eigenvalue weighted by Gasteiger charge is 2.48. The lowest BCUT2D eigenvalue weighted by molar-refractivity contribution is -0.162. The average molecular weight is 497 g/mol. The van der Waals surface area contributed by atoms with Crippen LogP contribution in [-0.2, 0) is 35.3 Å². The first-order valence-electron chi connectivity index (χ1n) is 9.57. The minimum absolute atomic E-state index is 0.0146. The van der Waals surface area contributed by atoms with Gasteiger partial charge in [-0.25, -0.2) is 13.2 Å². The van der Waals surface area contributed by atoms with Crippen LogP contribution in [0.1, 0.15) is 0 Å². The highest BCUT2D eigenvalue weighted by atomic mass is 32.2. The zero-order valence-corrected chi connectivity index (χ0v) is 19.2. The molecule has 0 bridgehead atoms. The fourth-order valence-electron chi connectivity index (χ4n) is 2.48. The molecule has 0 aliphatic heterocycles. The Morgan fingerprint density at radius 1 is 0.818 bits per heavy atom. The topological polar surface area (TPSA) is 92.7 Å². The number of carbonyl (C=O) groups is 1. The van der Waals surface area contributed by atoms with Gasteiger partial charge in [0.25, 0.3) is 0 Å². The van der Waals surface area contributed by atoms with Crippen molar-refractivity contribution in [2.24, 2.45) is 0 Å². The number of carbonyl (C=O) groups excluding carboxylic acids is 1. The largest absolute Gasteiger partial charge is 0.743 e. The van der Waals surface area contributed by atoms with Gasteiger partial charge in [0, 0.05) is 7.11 Å². The van der Waals surface area contributed by atoms with Crippen LogP contribution in [0.4, 0.5) is 8.78 Å². The first-order chi connectivity index (χ1) is 15.7. The number of hydrogen-bond acceptors (Lipinski definition) is 6. The third-order valence-electron chi connectivity index (χ3n) is 4.01. The van der Waals surface area contributed by atoms with E-state index in [1.165, 1.54) is 21.8 Å². The minimum atomic E-state index is -6.04. The Balaban J connectivity index is 0.000000248. The van der Waals surface area contributed by atoms with E-state index in [1.807, 2.05) is 0 Å². The fourth-order valence-corrected chi connectivity index (χ4v) is 4.85. The van der Waals surface area contributed by atoms with Gasteiger partial charge in [0.1, 0.15) is 6.61 Å². The van der Waals surface area contributed by atoms with E-state index in [4.69, 9.17) is 0 Å². The highest BCUT2D eigenvalue weighted by molar-refractivity contribution is 7.97. The first-order valence-corrected chi connectivity index (χ1v) is 12.2. The van der Waals surface area contributed by atoms with Crippen LogP contribution in [0, 0.1) is 0 Å². The number of halogens is 2. The summed E-state index contributed by atoms with van der Waals surface area (Å²) in [6.07, 6.45) is 0. The van der Waals surface area contributed by atoms with E-state index in [0.717, 1.165) is 0 Å². The average Bonchev–Trinajstić information content (AvgIpc) is 2.81. The molecule has 10 heteroatoms. The lowest BCUT2D eigenvalue weighted by Crippen LogP contribution is -2.39. The van der Waals surface area contributed by atoms with Gasteiger partial charge in [-0.1, -0.05) is 54.6 Å². The highest BCUT2D eigenvalue weighted by Crippen LogP contribution is 2.30. The molecule has 0 spiro atoms. The maximum atomic E-state index is 12.3. The minimum Gasteiger partial charge on any atom is -0.743 e. The van der Waals surface area contributed by atoms with Crippen LogP contribution in [0.3, 0.4) is 0 Å². The summed E-state index contributed by atoms with van der Waals surface area (Å²) in [6, 6.07) is 32.2. The van der Waals surface area contributed by atoms with Gasteiger partial charge in [0.05, 0.1) is 17.5 Å². The number of methoxy groups -OCH3 is 1. The molecule has 6 nitrogen and oxygen atoms in total. The molecule has 0 saturated carbocycles. The van der Waals surface area contributed by atoms with Crippen molar-refractivity contribution in [3.05, 3.63) is 91.0 Å². The van der Waals surface area contributed by atoms with Crippen molar-refractivity contribution < 1.29 is 36.0 Å². The molecule has 0 aromatic heterocycles. The van der Waals surface area contributed by atoms with Gasteiger partial charge in [-0.2, -0.15) is 8.78 Å². The molecule has 0 heterocycles. The van der Waals surface area contributed by atoms with Crippen LogP contribution in [0.25, 0.3) is 0 Å². The summed E-state index contributed by atoms with van der Waals surface area (Å²) in [5.74, 6) is -2.40. The molecule has 33 heavy (non-hydrogen) atoms. The second kappa shape index (κ2) is 12.4. The third-order valence-corrected chi connectivity index (χ3v) is 7.03. The van der Waals surface area contributed by atoms with Gasteiger partial charge in [-0.15, -0.1) is 0 Å². The summed E-state index contributed by atoms with van der Waals surface area (Å²) in [6.45, 7) is -0.735.